The molecule has 2 rings (SSSR count). The third kappa shape index (κ3) is 5.22. The van der Waals surface area contributed by atoms with E-state index in [1.807, 2.05) is 13.8 Å². The van der Waals surface area contributed by atoms with Gasteiger partial charge in [-0.15, -0.1) is 0 Å². The van der Waals surface area contributed by atoms with Gasteiger partial charge in [0.15, 0.2) is 9.84 Å². The van der Waals surface area contributed by atoms with Gasteiger partial charge < -0.3 is 7.43 Å². The SMILES string of the molecule is CCS(=O)(=O)c1ccccc1S(=O)(=O)c1ccc(C(C)C)cc1.[CH3-].[Y]. The number of benzene rings is 2. The molecule has 0 aliphatic carbocycles. The minimum atomic E-state index is -3.88. The van der Waals surface area contributed by atoms with Crippen molar-refractivity contribution in [3.63, 3.8) is 0 Å². The summed E-state index contributed by atoms with van der Waals surface area (Å²) in [5.41, 5.74) is 1.03. The molecule has 2 aromatic carbocycles. The third-order valence-corrected chi connectivity index (χ3v) is 7.45. The first-order valence-corrected chi connectivity index (χ1v) is 10.5. The number of rotatable bonds is 5. The molecular formula is C18H23O4S2Y-. The molecule has 0 fully saturated rings. The van der Waals surface area contributed by atoms with Crippen molar-refractivity contribution in [2.24, 2.45) is 0 Å². The molecule has 0 saturated heterocycles. The van der Waals surface area contributed by atoms with Crippen molar-refractivity contribution in [1.82, 2.24) is 0 Å². The average Bonchev–Trinajstić information content (AvgIpc) is 2.55. The van der Waals surface area contributed by atoms with Crippen LogP contribution in [-0.2, 0) is 52.4 Å². The number of sulfone groups is 2. The van der Waals surface area contributed by atoms with Crippen LogP contribution in [0.5, 0.6) is 0 Å². The summed E-state index contributed by atoms with van der Waals surface area (Å²) in [5, 5.41) is 0. The molecule has 0 amide bonds. The molecule has 0 unspecified atom stereocenters. The summed E-state index contributed by atoms with van der Waals surface area (Å²) < 4.78 is 50.0. The largest absolute Gasteiger partial charge is 0.358 e. The number of hydrogen-bond acceptors (Lipinski definition) is 4. The minimum absolute atomic E-state index is 0. The fourth-order valence-electron chi connectivity index (χ4n) is 2.24. The van der Waals surface area contributed by atoms with Crippen LogP contribution in [0, 0.1) is 7.43 Å². The minimum Gasteiger partial charge on any atom is -0.358 e. The molecule has 2 aromatic rings. The smallest absolute Gasteiger partial charge is 0.207 e. The van der Waals surface area contributed by atoms with Gasteiger partial charge in [-0.05, 0) is 35.7 Å². The summed E-state index contributed by atoms with van der Waals surface area (Å²) in [7, 11) is -7.51. The summed E-state index contributed by atoms with van der Waals surface area (Å²) in [5.74, 6) is 0.144. The Morgan fingerprint density at radius 1 is 0.840 bits per heavy atom. The molecule has 7 heteroatoms. The van der Waals surface area contributed by atoms with Gasteiger partial charge in [-0.2, -0.15) is 0 Å². The molecule has 0 aliphatic rings. The molecule has 0 saturated carbocycles. The Morgan fingerprint density at radius 2 is 1.32 bits per heavy atom. The van der Waals surface area contributed by atoms with Crippen molar-refractivity contribution in [2.45, 2.75) is 41.4 Å². The molecule has 135 valence electrons. The van der Waals surface area contributed by atoms with Gasteiger partial charge in [0.25, 0.3) is 0 Å². The zero-order chi connectivity index (χ0) is 17.3. The standard InChI is InChI=1S/C17H20O4S2.CH3.Y/c1-4-22(18,19)16-7-5-6-8-17(16)23(20,21)15-11-9-14(10-12-15)13(2)3;;/h5-13H,4H2,1-3H3;1H3;/q;-1;. The van der Waals surface area contributed by atoms with E-state index in [2.05, 4.69) is 0 Å². The van der Waals surface area contributed by atoms with Gasteiger partial charge in [0.1, 0.15) is 0 Å². The van der Waals surface area contributed by atoms with Crippen LogP contribution >= 0.6 is 0 Å². The molecule has 0 aromatic heterocycles. The van der Waals surface area contributed by atoms with E-state index in [9.17, 15) is 16.8 Å². The predicted molar refractivity (Wildman–Crippen MR) is 96.6 cm³/mol. The Balaban J connectivity index is 0.00000288. The van der Waals surface area contributed by atoms with Gasteiger partial charge in [-0.1, -0.05) is 45.0 Å². The molecule has 0 N–H and O–H groups in total. The van der Waals surface area contributed by atoms with Gasteiger partial charge in [0, 0.05) is 32.7 Å². The van der Waals surface area contributed by atoms with Crippen molar-refractivity contribution in [1.29, 1.82) is 0 Å². The third-order valence-electron chi connectivity index (χ3n) is 3.71. The summed E-state index contributed by atoms with van der Waals surface area (Å²) in [4.78, 5) is -0.213. The van der Waals surface area contributed by atoms with Crippen LogP contribution < -0.4 is 0 Å². The van der Waals surface area contributed by atoms with Crippen molar-refractivity contribution in [3.8, 4) is 0 Å². The summed E-state index contributed by atoms with van der Waals surface area (Å²) in [6.07, 6.45) is 0. The normalized spacial score (nSPS) is 11.5. The first-order valence-electron chi connectivity index (χ1n) is 7.37. The van der Waals surface area contributed by atoms with E-state index >= 15 is 0 Å². The van der Waals surface area contributed by atoms with Crippen LogP contribution in [0.4, 0.5) is 0 Å². The zero-order valence-electron chi connectivity index (χ0n) is 14.9. The van der Waals surface area contributed by atoms with E-state index in [4.69, 9.17) is 0 Å². The molecule has 0 atom stereocenters. The summed E-state index contributed by atoms with van der Waals surface area (Å²) >= 11 is 0. The molecule has 25 heavy (non-hydrogen) atoms. The van der Waals surface area contributed by atoms with Gasteiger partial charge in [-0.25, -0.2) is 16.8 Å². The fraction of sp³-hybridized carbons (Fsp3) is 0.278. The van der Waals surface area contributed by atoms with Crippen LogP contribution in [-0.4, -0.2) is 22.6 Å². The van der Waals surface area contributed by atoms with E-state index in [-0.39, 0.29) is 60.6 Å². The van der Waals surface area contributed by atoms with Gasteiger partial charge in [-0.3, -0.25) is 0 Å². The summed E-state index contributed by atoms with van der Waals surface area (Å²) in [6.45, 7) is 5.54. The van der Waals surface area contributed by atoms with Gasteiger partial charge >= 0.3 is 0 Å². The monoisotopic (exact) mass is 456 g/mol. The molecular weight excluding hydrogens is 433 g/mol. The topological polar surface area (TPSA) is 68.3 Å². The number of hydrogen-bond donors (Lipinski definition) is 0. The van der Waals surface area contributed by atoms with Gasteiger partial charge in [0.2, 0.25) is 9.84 Å². The maximum Gasteiger partial charge on any atom is 0.207 e. The second-order valence-corrected chi connectivity index (χ2v) is 9.74. The van der Waals surface area contributed by atoms with Crippen LogP contribution in [0.25, 0.3) is 0 Å². The fourth-order valence-corrected chi connectivity index (χ4v) is 5.26. The average molecular weight is 456 g/mol. The first kappa shape index (κ1) is 24.4. The van der Waals surface area contributed by atoms with Crippen molar-refractivity contribution in [2.75, 3.05) is 5.75 Å². The van der Waals surface area contributed by atoms with Crippen LogP contribution in [0.15, 0.2) is 63.2 Å². The Labute approximate surface area is 176 Å². The van der Waals surface area contributed by atoms with Crippen molar-refractivity contribution < 1.29 is 49.5 Å². The Morgan fingerprint density at radius 3 is 1.76 bits per heavy atom. The maximum atomic E-state index is 12.8. The van der Waals surface area contributed by atoms with E-state index in [1.165, 1.54) is 43.3 Å². The molecule has 0 bridgehead atoms. The van der Waals surface area contributed by atoms with Gasteiger partial charge in [0.05, 0.1) is 20.4 Å². The van der Waals surface area contributed by atoms with E-state index in [1.54, 1.807) is 12.1 Å². The Kier molecular flexibility index (Phi) is 9.19. The van der Waals surface area contributed by atoms with Crippen molar-refractivity contribution in [3.05, 3.63) is 61.5 Å². The van der Waals surface area contributed by atoms with Crippen LogP contribution in [0.1, 0.15) is 32.3 Å². The molecule has 1 radical (unpaired) electrons. The summed E-state index contributed by atoms with van der Waals surface area (Å²) in [6, 6.07) is 12.3. The van der Waals surface area contributed by atoms with Crippen LogP contribution in [0.3, 0.4) is 0 Å². The second-order valence-electron chi connectivity index (χ2n) is 5.58. The molecule has 0 aliphatic heterocycles. The predicted octanol–water partition coefficient (Wildman–Crippen LogP) is 3.88. The molecule has 0 heterocycles. The van der Waals surface area contributed by atoms with E-state index in [0.29, 0.717) is 5.92 Å². The van der Waals surface area contributed by atoms with Crippen LogP contribution in [0.2, 0.25) is 0 Å². The van der Waals surface area contributed by atoms with E-state index in [0.717, 1.165) is 5.56 Å². The Hall–Kier alpha value is -0.556. The maximum absolute atomic E-state index is 12.8. The Bertz CT molecular complexity index is 900. The molecule has 4 nitrogen and oxygen atoms in total. The quantitative estimate of drug-likeness (QED) is 0.641. The molecule has 0 spiro atoms. The van der Waals surface area contributed by atoms with E-state index < -0.39 is 19.7 Å². The zero-order valence-corrected chi connectivity index (χ0v) is 19.4. The first-order chi connectivity index (χ1) is 10.7. The van der Waals surface area contributed by atoms with Crippen molar-refractivity contribution >= 4 is 19.7 Å². The second kappa shape index (κ2) is 9.40.